The first-order valence-electron chi connectivity index (χ1n) is 6.87. The summed E-state index contributed by atoms with van der Waals surface area (Å²) in [5.41, 5.74) is -0.504. The van der Waals surface area contributed by atoms with Crippen LogP contribution in [0.3, 0.4) is 0 Å². The highest BCUT2D eigenvalue weighted by atomic mass is 32.1. The number of rotatable bonds is 5. The molecule has 0 aliphatic carbocycles. The normalized spacial score (nSPS) is 12.2. The van der Waals surface area contributed by atoms with E-state index in [4.69, 9.17) is 9.47 Å². The Morgan fingerprint density at radius 2 is 1.96 bits per heavy atom. The van der Waals surface area contributed by atoms with E-state index in [0.29, 0.717) is 0 Å². The van der Waals surface area contributed by atoms with Gasteiger partial charge in [-0.1, -0.05) is 0 Å². The van der Waals surface area contributed by atoms with Gasteiger partial charge in [0.1, 0.15) is 5.60 Å². The zero-order valence-corrected chi connectivity index (χ0v) is 14.5. The van der Waals surface area contributed by atoms with Crippen molar-refractivity contribution in [2.24, 2.45) is 0 Å². The van der Waals surface area contributed by atoms with E-state index in [1.807, 2.05) is 0 Å². The molecule has 1 rings (SSSR count). The van der Waals surface area contributed by atoms with E-state index in [0.717, 1.165) is 11.3 Å². The first-order valence-corrected chi connectivity index (χ1v) is 7.75. The summed E-state index contributed by atoms with van der Waals surface area (Å²) in [7, 11) is 1.17. The number of thiazole rings is 1. The summed E-state index contributed by atoms with van der Waals surface area (Å²) in [4.78, 5) is 39.4. The lowest BCUT2D eigenvalue weighted by Gasteiger charge is -2.18. The van der Waals surface area contributed by atoms with E-state index >= 15 is 0 Å². The predicted molar refractivity (Wildman–Crippen MR) is 83.4 cm³/mol. The van der Waals surface area contributed by atoms with Crippen LogP contribution in [0.4, 0.5) is 9.93 Å². The van der Waals surface area contributed by atoms with Crippen molar-refractivity contribution >= 4 is 34.5 Å². The van der Waals surface area contributed by atoms with Crippen molar-refractivity contribution in [2.45, 2.75) is 39.2 Å². The third kappa shape index (κ3) is 5.85. The zero-order chi connectivity index (χ0) is 17.6. The summed E-state index contributed by atoms with van der Waals surface area (Å²) in [5, 5.41) is 4.12. The number of aromatic nitrogens is 1. The van der Waals surface area contributed by atoms with Crippen molar-refractivity contribution in [3.8, 4) is 0 Å². The van der Waals surface area contributed by atoms with Crippen molar-refractivity contribution in [3.05, 3.63) is 11.1 Å². The first kappa shape index (κ1) is 18.9. The van der Waals surface area contributed by atoms with E-state index in [1.54, 1.807) is 27.7 Å². The predicted octanol–water partition coefficient (Wildman–Crippen LogP) is 2.31. The van der Waals surface area contributed by atoms with Crippen LogP contribution >= 0.6 is 11.3 Å². The lowest BCUT2D eigenvalue weighted by atomic mass is 10.1. The van der Waals surface area contributed by atoms with Crippen molar-refractivity contribution in [1.29, 1.82) is 0 Å². The Balaban J connectivity index is 2.88. The quantitative estimate of drug-likeness (QED) is 0.496. The number of nitrogens with zero attached hydrogens (tertiary/aromatic N) is 1. The van der Waals surface area contributed by atoms with Crippen LogP contribution in [0.15, 0.2) is 5.38 Å². The van der Waals surface area contributed by atoms with E-state index in [1.165, 1.54) is 12.5 Å². The molecule has 1 amide bonds. The molecule has 128 valence electrons. The van der Waals surface area contributed by atoms with Gasteiger partial charge in [-0.25, -0.2) is 9.78 Å². The molecule has 0 bridgehead atoms. The molecule has 23 heavy (non-hydrogen) atoms. The second-order valence-electron chi connectivity index (χ2n) is 5.41. The molecule has 0 radical (unpaired) electrons. The Morgan fingerprint density at radius 3 is 2.48 bits per heavy atom. The van der Waals surface area contributed by atoms with Crippen LogP contribution in [-0.4, -0.2) is 42.3 Å². The highest BCUT2D eigenvalue weighted by molar-refractivity contribution is 7.14. The minimum Gasteiger partial charge on any atom is -0.468 e. The molecule has 1 unspecified atom stereocenters. The second-order valence-corrected chi connectivity index (χ2v) is 6.27. The van der Waals surface area contributed by atoms with Crippen molar-refractivity contribution in [3.63, 3.8) is 0 Å². The maximum Gasteiger partial charge on any atom is 0.413 e. The summed E-state index contributed by atoms with van der Waals surface area (Å²) >= 11 is 1.06. The van der Waals surface area contributed by atoms with Crippen LogP contribution in [0.25, 0.3) is 0 Å². The molecule has 1 aromatic heterocycles. The Kier molecular flexibility index (Phi) is 6.49. The van der Waals surface area contributed by atoms with Gasteiger partial charge < -0.3 is 14.2 Å². The van der Waals surface area contributed by atoms with Crippen molar-refractivity contribution in [2.75, 3.05) is 19.0 Å². The maximum absolute atomic E-state index is 11.9. The minimum absolute atomic E-state index is 0.124. The summed E-state index contributed by atoms with van der Waals surface area (Å²) in [6.07, 6.45) is -0.677. The number of methoxy groups -OCH3 is 1. The molecular formula is C14H20N2O6S. The highest BCUT2D eigenvalue weighted by Gasteiger charge is 2.33. The standard InChI is InChI=1S/C14H20N2O6S/c1-6-21-11(18)9(10(17)20-5)8-7-23-12(15-8)16-13(19)22-14(2,3)4/h7,9H,6H2,1-5H3,(H,15,16,19). The van der Waals surface area contributed by atoms with E-state index < -0.39 is 29.6 Å². The molecule has 1 N–H and O–H groups in total. The van der Waals surface area contributed by atoms with Crippen LogP contribution in [0, 0.1) is 0 Å². The molecule has 0 aliphatic rings. The molecule has 0 saturated carbocycles. The third-order valence-corrected chi connectivity index (χ3v) is 3.16. The first-order chi connectivity index (χ1) is 10.7. The monoisotopic (exact) mass is 344 g/mol. The molecular weight excluding hydrogens is 324 g/mol. The molecule has 0 aromatic carbocycles. The molecule has 1 aromatic rings. The average Bonchev–Trinajstić information content (AvgIpc) is 2.84. The van der Waals surface area contributed by atoms with Crippen molar-refractivity contribution in [1.82, 2.24) is 4.98 Å². The zero-order valence-electron chi connectivity index (χ0n) is 13.7. The van der Waals surface area contributed by atoms with Gasteiger partial charge in [0.2, 0.25) is 0 Å². The Bertz CT molecular complexity index is 578. The second kappa shape index (κ2) is 7.91. The van der Waals surface area contributed by atoms with Gasteiger partial charge in [0.25, 0.3) is 0 Å². The van der Waals surface area contributed by atoms with Crippen LogP contribution < -0.4 is 5.32 Å². The van der Waals surface area contributed by atoms with Crippen LogP contribution in [0.1, 0.15) is 39.3 Å². The summed E-state index contributed by atoms with van der Waals surface area (Å²) in [6, 6.07) is 0. The summed E-state index contributed by atoms with van der Waals surface area (Å²) < 4.78 is 14.6. The van der Waals surface area contributed by atoms with Gasteiger partial charge in [-0.2, -0.15) is 0 Å². The smallest absolute Gasteiger partial charge is 0.413 e. The maximum atomic E-state index is 11.9. The average molecular weight is 344 g/mol. The number of carbonyl (C=O) groups is 3. The van der Waals surface area contributed by atoms with Gasteiger partial charge in [0.05, 0.1) is 19.4 Å². The Hall–Kier alpha value is -2.16. The fraction of sp³-hybridized carbons (Fsp3) is 0.571. The van der Waals surface area contributed by atoms with Crippen molar-refractivity contribution < 1.29 is 28.6 Å². The SMILES string of the molecule is CCOC(=O)C(C(=O)OC)c1csc(NC(=O)OC(C)(C)C)n1. The summed E-state index contributed by atoms with van der Waals surface area (Å²) in [6.45, 7) is 6.94. The number of esters is 2. The van der Waals surface area contributed by atoms with E-state index in [-0.39, 0.29) is 17.4 Å². The molecule has 8 nitrogen and oxygen atoms in total. The van der Waals surface area contributed by atoms with Crippen LogP contribution in [0.5, 0.6) is 0 Å². The molecule has 9 heteroatoms. The van der Waals surface area contributed by atoms with Gasteiger partial charge in [-0.3, -0.25) is 14.9 Å². The van der Waals surface area contributed by atoms with Gasteiger partial charge in [0, 0.05) is 5.38 Å². The van der Waals surface area contributed by atoms with E-state index in [9.17, 15) is 14.4 Å². The topological polar surface area (TPSA) is 104 Å². The van der Waals surface area contributed by atoms with Gasteiger partial charge >= 0.3 is 18.0 Å². The number of nitrogens with one attached hydrogen (secondary N) is 1. The number of anilines is 1. The molecule has 0 aliphatic heterocycles. The third-order valence-electron chi connectivity index (χ3n) is 2.38. The Labute approximate surface area is 138 Å². The number of hydrogen-bond acceptors (Lipinski definition) is 8. The molecule has 1 atom stereocenters. The molecule has 0 saturated heterocycles. The summed E-state index contributed by atoms with van der Waals surface area (Å²) in [5.74, 6) is -2.82. The molecule has 0 fully saturated rings. The van der Waals surface area contributed by atoms with Gasteiger partial charge in [-0.05, 0) is 27.7 Å². The van der Waals surface area contributed by atoms with Gasteiger partial charge in [-0.15, -0.1) is 11.3 Å². The van der Waals surface area contributed by atoms with Gasteiger partial charge in [0.15, 0.2) is 11.0 Å². The molecule has 0 spiro atoms. The number of hydrogen-bond donors (Lipinski definition) is 1. The van der Waals surface area contributed by atoms with Crippen LogP contribution in [0.2, 0.25) is 0 Å². The molecule has 1 heterocycles. The number of amides is 1. The van der Waals surface area contributed by atoms with E-state index in [2.05, 4.69) is 15.0 Å². The highest BCUT2D eigenvalue weighted by Crippen LogP contribution is 2.25. The fourth-order valence-electron chi connectivity index (χ4n) is 1.55. The lowest BCUT2D eigenvalue weighted by molar-refractivity contribution is -0.155. The van der Waals surface area contributed by atoms with Crippen LogP contribution in [-0.2, 0) is 23.8 Å². The number of ether oxygens (including phenoxy) is 3. The largest absolute Gasteiger partial charge is 0.468 e. The Morgan fingerprint density at radius 1 is 1.30 bits per heavy atom. The minimum atomic E-state index is -1.29. The number of carbonyl (C=O) groups excluding carboxylic acids is 3. The lowest BCUT2D eigenvalue weighted by Crippen LogP contribution is -2.27. The fourth-order valence-corrected chi connectivity index (χ4v) is 2.27.